The average Bonchev–Trinajstić information content (AvgIpc) is 3.69. The maximum Gasteiger partial charge on any atom is 0.246 e. The fraction of sp³-hybridized carbons (Fsp3) is 0.611. The van der Waals surface area contributed by atoms with Crippen LogP contribution in [0.25, 0.3) is 28.2 Å². The van der Waals surface area contributed by atoms with E-state index in [2.05, 4.69) is 92.7 Å². The van der Waals surface area contributed by atoms with Crippen LogP contribution in [0.4, 0.5) is 0 Å². The smallest absolute Gasteiger partial charge is 0.246 e. The van der Waals surface area contributed by atoms with Crippen molar-refractivity contribution >= 4 is 47.9 Å². The zero-order chi connectivity index (χ0) is 36.4. The predicted molar refractivity (Wildman–Crippen MR) is 209 cm³/mol. The monoisotopic (exact) mass is 818 g/mol. The highest BCUT2D eigenvalue weighted by Crippen LogP contribution is 2.38. The third kappa shape index (κ3) is 8.14. The van der Waals surface area contributed by atoms with E-state index in [1.54, 1.807) is 10.8 Å². The summed E-state index contributed by atoms with van der Waals surface area (Å²) in [5, 5.41) is 15.6. The molecule has 0 aromatic carbocycles. The lowest BCUT2D eigenvalue weighted by Gasteiger charge is -2.37. The van der Waals surface area contributed by atoms with E-state index in [0.717, 1.165) is 68.7 Å². The van der Waals surface area contributed by atoms with Crippen molar-refractivity contribution < 1.29 is 18.6 Å². The van der Waals surface area contributed by atoms with E-state index in [1.807, 2.05) is 31.8 Å². The molecule has 50 heavy (non-hydrogen) atoms. The fourth-order valence-corrected chi connectivity index (χ4v) is 7.76. The largest absolute Gasteiger partial charge is 0.476 e. The van der Waals surface area contributed by atoms with Crippen molar-refractivity contribution in [2.24, 2.45) is 7.05 Å². The molecular weight excluding hydrogens is 763 g/mol. The maximum atomic E-state index is 6.59. The molecule has 4 aromatic heterocycles. The third-order valence-electron chi connectivity index (χ3n) is 9.91. The number of halogens is 1. The van der Waals surface area contributed by atoms with E-state index in [-0.39, 0.29) is 17.3 Å². The number of nitrogens with zero attached hydrogens (tertiary/aromatic N) is 8. The van der Waals surface area contributed by atoms with Gasteiger partial charge in [0.2, 0.25) is 11.8 Å². The summed E-state index contributed by atoms with van der Waals surface area (Å²) in [5.74, 6) is 1.35. The summed E-state index contributed by atoms with van der Waals surface area (Å²) in [6, 6.07) is 2.12. The molecule has 1 aliphatic rings. The van der Waals surface area contributed by atoms with Gasteiger partial charge in [-0.25, -0.2) is 9.36 Å². The molecular formula is C36H55IN8O4Si. The number of aryl methyl sites for hydroxylation is 2. The molecule has 1 aliphatic heterocycles. The van der Waals surface area contributed by atoms with Crippen LogP contribution in [0.5, 0.6) is 11.8 Å². The van der Waals surface area contributed by atoms with E-state index in [1.165, 1.54) is 0 Å². The number of ether oxygens (including phenoxy) is 3. The van der Waals surface area contributed by atoms with Crippen molar-refractivity contribution in [3.63, 3.8) is 0 Å². The van der Waals surface area contributed by atoms with Crippen LogP contribution in [-0.2, 0) is 22.8 Å². The summed E-state index contributed by atoms with van der Waals surface area (Å²) >= 11 is 2.36. The fourth-order valence-electron chi connectivity index (χ4n) is 5.99. The van der Waals surface area contributed by atoms with Gasteiger partial charge >= 0.3 is 0 Å². The first kappa shape index (κ1) is 38.4. The minimum atomic E-state index is -1.91. The lowest BCUT2D eigenvalue weighted by molar-refractivity contribution is -0.0367. The quantitative estimate of drug-likeness (QED) is 0.0879. The van der Waals surface area contributed by atoms with Crippen molar-refractivity contribution in [3.05, 3.63) is 39.5 Å². The molecule has 14 heteroatoms. The molecule has 5 heterocycles. The summed E-state index contributed by atoms with van der Waals surface area (Å²) in [6.07, 6.45) is 6.72. The summed E-state index contributed by atoms with van der Waals surface area (Å²) in [4.78, 5) is 7.13. The molecule has 274 valence electrons. The van der Waals surface area contributed by atoms with Gasteiger partial charge in [-0.3, -0.25) is 14.6 Å². The second-order valence-corrected chi connectivity index (χ2v) is 20.7. The standard InChI is InChI=1S/C36H55IN8O4Si/c1-12-27-26-20-28(38-21-29(26)45(40-27)31-16-14-15-18-47-31)32-25(4)39-43(9)35(32)48-19-17-42(8)22-30-33(37)34(46-13-2)41-44(30)24(3)23-49-50(10,11)36(5,6)7/h12,20-21,24,31H,1,13-19,22-23H2,2-11H3/t24-,31?/m0/s1. The molecule has 0 amide bonds. The lowest BCUT2D eigenvalue weighted by atomic mass is 10.1. The lowest BCUT2D eigenvalue weighted by Crippen LogP contribution is -2.42. The summed E-state index contributed by atoms with van der Waals surface area (Å²) in [7, 11) is 2.10. The molecule has 5 rings (SSSR count). The van der Waals surface area contributed by atoms with Crippen molar-refractivity contribution in [3.8, 4) is 23.0 Å². The van der Waals surface area contributed by atoms with Crippen LogP contribution >= 0.6 is 22.6 Å². The molecule has 1 unspecified atom stereocenters. The third-order valence-corrected chi connectivity index (χ3v) is 15.5. The van der Waals surface area contributed by atoms with Gasteiger partial charge in [-0.2, -0.15) is 10.2 Å². The van der Waals surface area contributed by atoms with Crippen molar-refractivity contribution in [2.45, 2.75) is 97.8 Å². The Hall–Kier alpha value is -2.79. The number of likely N-dealkylation sites (N-methyl/N-ethyl adjacent to an activating group) is 1. The van der Waals surface area contributed by atoms with Crippen LogP contribution in [-0.4, -0.2) is 87.6 Å². The Labute approximate surface area is 311 Å². The Balaban J connectivity index is 1.31. The van der Waals surface area contributed by atoms with Gasteiger partial charge in [-0.1, -0.05) is 27.4 Å². The molecule has 0 spiro atoms. The Bertz CT molecular complexity index is 1790. The average molecular weight is 819 g/mol. The van der Waals surface area contributed by atoms with Gasteiger partial charge in [0, 0.05) is 32.1 Å². The Morgan fingerprint density at radius 3 is 2.62 bits per heavy atom. The first-order chi connectivity index (χ1) is 23.7. The number of hydrogen-bond acceptors (Lipinski definition) is 9. The summed E-state index contributed by atoms with van der Waals surface area (Å²) < 4.78 is 31.9. The SMILES string of the molecule is C=Cc1nn(C2CCCCO2)c2cnc(-c3c(C)nn(C)c3OCCN(C)Cc3c(I)c(OCC)nn3[C@@H](C)CO[Si](C)(C)C(C)(C)C)cc12. The number of rotatable bonds is 15. The molecule has 0 aliphatic carbocycles. The number of fused-ring (bicyclic) bond motifs is 1. The molecule has 0 N–H and O–H groups in total. The molecule has 0 bridgehead atoms. The van der Waals surface area contributed by atoms with E-state index in [4.69, 9.17) is 38.9 Å². The Morgan fingerprint density at radius 2 is 1.96 bits per heavy atom. The number of pyridine rings is 1. The minimum Gasteiger partial charge on any atom is -0.476 e. The van der Waals surface area contributed by atoms with Crippen molar-refractivity contribution in [1.29, 1.82) is 0 Å². The van der Waals surface area contributed by atoms with Crippen LogP contribution in [0.1, 0.15) is 83.2 Å². The van der Waals surface area contributed by atoms with Crippen LogP contribution in [0.15, 0.2) is 18.8 Å². The van der Waals surface area contributed by atoms with Gasteiger partial charge in [0.1, 0.15) is 6.61 Å². The molecule has 0 radical (unpaired) electrons. The normalized spacial score (nSPS) is 16.4. The number of hydrogen-bond donors (Lipinski definition) is 0. The Kier molecular flexibility index (Phi) is 12.2. The molecule has 12 nitrogen and oxygen atoms in total. The molecule has 1 saturated heterocycles. The van der Waals surface area contributed by atoms with E-state index in [9.17, 15) is 0 Å². The second-order valence-electron chi connectivity index (χ2n) is 14.8. The van der Waals surface area contributed by atoms with Gasteiger partial charge < -0.3 is 18.6 Å². The number of aromatic nitrogens is 7. The molecule has 1 fully saturated rings. The van der Waals surface area contributed by atoms with E-state index < -0.39 is 8.32 Å². The second kappa shape index (κ2) is 15.8. The highest BCUT2D eigenvalue weighted by molar-refractivity contribution is 14.1. The highest BCUT2D eigenvalue weighted by atomic mass is 127. The topological polar surface area (TPSA) is 107 Å². The Morgan fingerprint density at radius 1 is 1.20 bits per heavy atom. The van der Waals surface area contributed by atoms with Crippen molar-refractivity contribution in [2.75, 3.05) is 40.0 Å². The molecule has 4 aromatic rings. The minimum absolute atomic E-state index is 0.0558. The van der Waals surface area contributed by atoms with Gasteiger partial charge in [0.25, 0.3) is 0 Å². The van der Waals surface area contributed by atoms with Gasteiger partial charge in [0.05, 0.1) is 62.9 Å². The zero-order valence-electron chi connectivity index (χ0n) is 31.5. The van der Waals surface area contributed by atoms with E-state index in [0.29, 0.717) is 44.7 Å². The van der Waals surface area contributed by atoms with E-state index >= 15 is 0 Å². The van der Waals surface area contributed by atoms with Gasteiger partial charge in [-0.05, 0) is 99.9 Å². The molecule has 2 atom stereocenters. The highest BCUT2D eigenvalue weighted by Gasteiger charge is 2.38. The zero-order valence-corrected chi connectivity index (χ0v) is 34.7. The van der Waals surface area contributed by atoms with Crippen LogP contribution in [0, 0.1) is 10.5 Å². The van der Waals surface area contributed by atoms with Gasteiger partial charge in [0.15, 0.2) is 14.5 Å². The summed E-state index contributed by atoms with van der Waals surface area (Å²) in [6.45, 7) is 25.3. The van der Waals surface area contributed by atoms with Crippen LogP contribution in [0.2, 0.25) is 18.1 Å². The first-order valence-corrected chi connectivity index (χ1v) is 21.7. The van der Waals surface area contributed by atoms with Crippen LogP contribution in [0.3, 0.4) is 0 Å². The molecule has 0 saturated carbocycles. The maximum absolute atomic E-state index is 6.59. The van der Waals surface area contributed by atoms with Crippen LogP contribution < -0.4 is 9.47 Å². The summed E-state index contributed by atoms with van der Waals surface area (Å²) in [5.41, 5.74) is 5.36. The van der Waals surface area contributed by atoms with Gasteiger partial charge in [-0.15, -0.1) is 5.10 Å². The van der Waals surface area contributed by atoms with Crippen molar-refractivity contribution in [1.82, 2.24) is 39.2 Å². The predicted octanol–water partition coefficient (Wildman–Crippen LogP) is 7.78. The first-order valence-electron chi connectivity index (χ1n) is 17.7.